The molecule has 0 aliphatic heterocycles. The number of carbonyl (C=O) groups is 1. The number of hydrogen-bond donors (Lipinski definition) is 2. The summed E-state index contributed by atoms with van der Waals surface area (Å²) >= 11 is 0. The summed E-state index contributed by atoms with van der Waals surface area (Å²) in [7, 11) is -3.63. The molecule has 7 heteroatoms. The van der Waals surface area contributed by atoms with Gasteiger partial charge in [-0.3, -0.25) is 4.79 Å². The molecule has 6 nitrogen and oxygen atoms in total. The van der Waals surface area contributed by atoms with Crippen molar-refractivity contribution in [2.24, 2.45) is 0 Å². The third kappa shape index (κ3) is 7.82. The Morgan fingerprint density at radius 3 is 1.91 bits per heavy atom. The summed E-state index contributed by atoms with van der Waals surface area (Å²) in [6.45, 7) is 6.77. The summed E-state index contributed by atoms with van der Waals surface area (Å²) in [6, 6.07) is 23.8. The quantitative estimate of drug-likeness (QED) is 0.489. The van der Waals surface area contributed by atoms with Crippen molar-refractivity contribution in [1.82, 2.24) is 10.0 Å². The van der Waals surface area contributed by atoms with Crippen LogP contribution >= 0.6 is 0 Å². The second-order valence-corrected chi connectivity index (χ2v) is 10.5. The van der Waals surface area contributed by atoms with Crippen LogP contribution in [0.3, 0.4) is 0 Å². The molecule has 0 bridgehead atoms. The van der Waals surface area contributed by atoms with E-state index in [1.54, 1.807) is 20.8 Å². The first-order valence-electron chi connectivity index (χ1n) is 10.7. The zero-order chi connectivity index (χ0) is 23.9. The molecule has 1 amide bonds. The molecule has 33 heavy (non-hydrogen) atoms. The molecule has 3 aromatic rings. The van der Waals surface area contributed by atoms with Crippen molar-refractivity contribution in [1.29, 1.82) is 0 Å². The molecule has 0 saturated carbocycles. The van der Waals surface area contributed by atoms with E-state index >= 15 is 0 Å². The van der Waals surface area contributed by atoms with E-state index in [-0.39, 0.29) is 10.8 Å². The van der Waals surface area contributed by atoms with Gasteiger partial charge in [-0.1, -0.05) is 54.6 Å². The molecule has 0 radical (unpaired) electrons. The lowest BCUT2D eigenvalue weighted by Crippen LogP contribution is -2.40. The number of carbonyl (C=O) groups excluding carboxylic acids is 1. The molecular weight excluding hydrogens is 436 g/mol. The number of sulfonamides is 1. The fraction of sp³-hybridized carbons (Fsp3) is 0.269. The molecule has 0 spiro atoms. The summed E-state index contributed by atoms with van der Waals surface area (Å²) in [5.41, 5.74) is 2.97. The van der Waals surface area contributed by atoms with Crippen molar-refractivity contribution >= 4 is 15.9 Å². The first kappa shape index (κ1) is 24.6. The highest BCUT2D eigenvalue weighted by Crippen LogP contribution is 2.14. The number of ether oxygens (including phenoxy) is 1. The zero-order valence-corrected chi connectivity index (χ0v) is 20.0. The predicted octanol–water partition coefficient (Wildman–Crippen LogP) is 4.41. The van der Waals surface area contributed by atoms with Crippen molar-refractivity contribution in [3.63, 3.8) is 0 Å². The lowest BCUT2D eigenvalue weighted by atomic mass is 10.1. The van der Waals surface area contributed by atoms with Gasteiger partial charge in [-0.05, 0) is 61.7 Å². The van der Waals surface area contributed by atoms with Crippen molar-refractivity contribution < 1.29 is 17.9 Å². The van der Waals surface area contributed by atoms with E-state index in [4.69, 9.17) is 4.74 Å². The average molecular weight is 467 g/mol. The Bertz CT molecular complexity index is 1150. The standard InChI is InChI=1S/C26H30N2O4S/c1-26(2,3)28-33(30,31)24-15-13-23(14-16-24)25(29)27-17-20-9-11-22(12-10-20)19-32-18-21-7-5-4-6-8-21/h4-16,28H,17-19H2,1-3H3,(H,27,29). The third-order valence-corrected chi connectivity index (χ3v) is 6.50. The van der Waals surface area contributed by atoms with Crippen LogP contribution in [0, 0.1) is 0 Å². The van der Waals surface area contributed by atoms with Crippen molar-refractivity contribution in [2.45, 2.75) is 51.0 Å². The number of benzene rings is 3. The summed E-state index contributed by atoms with van der Waals surface area (Å²) < 4.78 is 33.1. The van der Waals surface area contributed by atoms with Crippen LogP contribution in [0.4, 0.5) is 0 Å². The van der Waals surface area contributed by atoms with Gasteiger partial charge in [-0.2, -0.15) is 0 Å². The molecule has 0 atom stereocenters. The molecule has 174 valence electrons. The van der Waals surface area contributed by atoms with Gasteiger partial charge in [0.2, 0.25) is 10.0 Å². The summed E-state index contributed by atoms with van der Waals surface area (Å²) in [6.07, 6.45) is 0. The topological polar surface area (TPSA) is 84.5 Å². The largest absolute Gasteiger partial charge is 0.372 e. The molecule has 0 unspecified atom stereocenters. The third-order valence-electron chi connectivity index (χ3n) is 4.72. The second-order valence-electron chi connectivity index (χ2n) is 8.86. The Morgan fingerprint density at radius 1 is 0.788 bits per heavy atom. The second kappa shape index (κ2) is 10.7. The molecule has 0 heterocycles. The predicted molar refractivity (Wildman–Crippen MR) is 129 cm³/mol. The monoisotopic (exact) mass is 466 g/mol. The number of rotatable bonds is 9. The molecule has 0 aliphatic carbocycles. The fourth-order valence-corrected chi connectivity index (χ4v) is 4.56. The SMILES string of the molecule is CC(C)(C)NS(=O)(=O)c1ccc(C(=O)NCc2ccc(COCc3ccccc3)cc2)cc1. The van der Waals surface area contributed by atoms with E-state index in [1.807, 2.05) is 54.6 Å². The van der Waals surface area contributed by atoms with Crippen molar-refractivity contribution in [3.05, 3.63) is 101 Å². The summed E-state index contributed by atoms with van der Waals surface area (Å²) in [5.74, 6) is -0.266. The highest BCUT2D eigenvalue weighted by Gasteiger charge is 2.22. The first-order chi connectivity index (χ1) is 15.6. The van der Waals surface area contributed by atoms with Crippen LogP contribution in [0.15, 0.2) is 83.8 Å². The van der Waals surface area contributed by atoms with Crippen molar-refractivity contribution in [3.8, 4) is 0 Å². The van der Waals surface area contributed by atoms with Gasteiger partial charge in [-0.15, -0.1) is 0 Å². The van der Waals surface area contributed by atoms with Gasteiger partial charge in [0.15, 0.2) is 0 Å². The molecule has 0 aromatic heterocycles. The molecule has 3 aromatic carbocycles. The Morgan fingerprint density at radius 2 is 1.33 bits per heavy atom. The Labute approximate surface area is 196 Å². The van der Waals surface area contributed by atoms with Gasteiger partial charge in [0, 0.05) is 17.6 Å². The maximum atomic E-state index is 12.5. The van der Waals surface area contributed by atoms with Crippen LogP contribution in [0.5, 0.6) is 0 Å². The van der Waals surface area contributed by atoms with Crippen LogP contribution < -0.4 is 10.0 Å². The van der Waals surface area contributed by atoms with Gasteiger partial charge in [0.05, 0.1) is 18.1 Å². The minimum absolute atomic E-state index is 0.124. The van der Waals surface area contributed by atoms with E-state index in [9.17, 15) is 13.2 Å². The molecular formula is C26H30N2O4S. The average Bonchev–Trinajstić information content (AvgIpc) is 2.77. The first-order valence-corrected chi connectivity index (χ1v) is 12.2. The highest BCUT2D eigenvalue weighted by atomic mass is 32.2. The van der Waals surface area contributed by atoms with Gasteiger partial charge < -0.3 is 10.1 Å². The Balaban J connectivity index is 1.49. The molecule has 3 rings (SSSR count). The number of nitrogens with one attached hydrogen (secondary N) is 2. The van der Waals surface area contributed by atoms with Crippen LogP contribution in [0.2, 0.25) is 0 Å². The smallest absolute Gasteiger partial charge is 0.251 e. The van der Waals surface area contributed by atoms with Crippen LogP contribution in [-0.2, 0) is 34.5 Å². The maximum absolute atomic E-state index is 12.5. The Kier molecular flexibility index (Phi) is 8.02. The highest BCUT2D eigenvalue weighted by molar-refractivity contribution is 7.89. The lowest BCUT2D eigenvalue weighted by molar-refractivity contribution is 0.0950. The minimum atomic E-state index is -3.63. The van der Waals surface area contributed by atoms with Gasteiger partial charge in [0.1, 0.15) is 0 Å². The van der Waals surface area contributed by atoms with Gasteiger partial charge in [-0.25, -0.2) is 13.1 Å². The van der Waals surface area contributed by atoms with E-state index in [0.717, 1.165) is 16.7 Å². The van der Waals surface area contributed by atoms with Crippen LogP contribution in [0.25, 0.3) is 0 Å². The van der Waals surface area contributed by atoms with Gasteiger partial charge >= 0.3 is 0 Å². The van der Waals surface area contributed by atoms with E-state index < -0.39 is 15.6 Å². The van der Waals surface area contributed by atoms with E-state index in [0.29, 0.717) is 25.3 Å². The molecule has 0 aliphatic rings. The van der Waals surface area contributed by atoms with Crippen LogP contribution in [0.1, 0.15) is 47.8 Å². The number of hydrogen-bond acceptors (Lipinski definition) is 4. The maximum Gasteiger partial charge on any atom is 0.251 e. The summed E-state index contributed by atoms with van der Waals surface area (Å²) in [4.78, 5) is 12.6. The summed E-state index contributed by atoms with van der Waals surface area (Å²) in [5, 5.41) is 2.86. The molecule has 0 fully saturated rings. The van der Waals surface area contributed by atoms with Crippen molar-refractivity contribution in [2.75, 3.05) is 0 Å². The molecule has 0 saturated heterocycles. The van der Waals surface area contributed by atoms with E-state index in [1.165, 1.54) is 24.3 Å². The normalized spacial score (nSPS) is 11.8. The molecule has 2 N–H and O–H groups in total. The van der Waals surface area contributed by atoms with Crippen LogP contribution in [-0.4, -0.2) is 19.9 Å². The zero-order valence-electron chi connectivity index (χ0n) is 19.2. The van der Waals surface area contributed by atoms with Gasteiger partial charge in [0.25, 0.3) is 5.91 Å². The fourth-order valence-electron chi connectivity index (χ4n) is 3.15. The number of amides is 1. The minimum Gasteiger partial charge on any atom is -0.372 e. The lowest BCUT2D eigenvalue weighted by Gasteiger charge is -2.20. The Hall–Kier alpha value is -3.00. The van der Waals surface area contributed by atoms with E-state index in [2.05, 4.69) is 10.0 Å².